The van der Waals surface area contributed by atoms with Crippen molar-refractivity contribution in [1.82, 2.24) is 0 Å². The van der Waals surface area contributed by atoms with Crippen LogP contribution in [0.3, 0.4) is 0 Å². The van der Waals surface area contributed by atoms with Gasteiger partial charge >= 0.3 is 0 Å². The van der Waals surface area contributed by atoms with Crippen LogP contribution in [0.15, 0.2) is 34.8 Å². The van der Waals surface area contributed by atoms with Crippen LogP contribution >= 0.6 is 15.9 Å². The highest BCUT2D eigenvalue weighted by Crippen LogP contribution is 2.43. The Morgan fingerprint density at radius 2 is 1.60 bits per heavy atom. The Hall–Kier alpha value is -1.08. The van der Waals surface area contributed by atoms with Crippen LogP contribution in [0, 0.1) is 6.42 Å². The number of fused-ring (bicyclic) bond motifs is 3. The van der Waals surface area contributed by atoms with Crippen LogP contribution in [0.4, 0.5) is 0 Å². The van der Waals surface area contributed by atoms with E-state index >= 15 is 0 Å². The number of hydrogen-bond acceptors (Lipinski definition) is 0. The summed E-state index contributed by atoms with van der Waals surface area (Å²) in [5.74, 6) is 0. The minimum Gasteiger partial charge on any atom is -0.0651 e. The highest BCUT2D eigenvalue weighted by molar-refractivity contribution is 9.10. The van der Waals surface area contributed by atoms with Crippen molar-refractivity contribution in [3.63, 3.8) is 0 Å². The predicted octanol–water partition coefficient (Wildman–Crippen LogP) is 5.94. The Balaban J connectivity index is 2.20. The molecule has 0 bridgehead atoms. The van der Waals surface area contributed by atoms with E-state index in [1.54, 1.807) is 5.56 Å². The topological polar surface area (TPSA) is 0 Å². The molecule has 3 rings (SSSR count). The van der Waals surface area contributed by atoms with Crippen molar-refractivity contribution < 1.29 is 0 Å². The minimum absolute atomic E-state index is 1.16. The van der Waals surface area contributed by atoms with E-state index in [9.17, 15) is 0 Å². The average Bonchev–Trinajstić information content (AvgIpc) is 2.81. The molecule has 20 heavy (non-hydrogen) atoms. The second kappa shape index (κ2) is 5.73. The lowest BCUT2D eigenvalue weighted by Crippen LogP contribution is -2.00. The van der Waals surface area contributed by atoms with Gasteiger partial charge in [-0.2, -0.15) is 0 Å². The molecule has 1 radical (unpaired) electrons. The summed E-state index contributed by atoms with van der Waals surface area (Å²) in [5, 5.41) is 0. The monoisotopic (exact) mass is 327 g/mol. The Morgan fingerprint density at radius 3 is 2.35 bits per heavy atom. The normalized spacial score (nSPS) is 12.3. The molecule has 2 aromatic rings. The molecule has 1 aliphatic carbocycles. The van der Waals surface area contributed by atoms with Gasteiger partial charge in [0.05, 0.1) is 0 Å². The van der Waals surface area contributed by atoms with Gasteiger partial charge in [-0.1, -0.05) is 66.9 Å². The summed E-state index contributed by atoms with van der Waals surface area (Å²) in [6, 6.07) is 11.0. The summed E-state index contributed by atoms with van der Waals surface area (Å²) in [6.07, 6.45) is 7.10. The molecule has 0 N–H and O–H groups in total. The molecule has 0 aliphatic heterocycles. The van der Waals surface area contributed by atoms with E-state index in [1.165, 1.54) is 51.6 Å². The Kier molecular flexibility index (Phi) is 3.98. The van der Waals surface area contributed by atoms with Gasteiger partial charge in [0.25, 0.3) is 0 Å². The zero-order valence-corrected chi connectivity index (χ0v) is 13.8. The largest absolute Gasteiger partial charge is 0.0651 e. The van der Waals surface area contributed by atoms with Crippen LogP contribution < -0.4 is 0 Å². The van der Waals surface area contributed by atoms with Crippen LogP contribution in [0.25, 0.3) is 11.1 Å². The third-order valence-electron chi connectivity index (χ3n) is 4.09. The van der Waals surface area contributed by atoms with Crippen LogP contribution in [-0.2, 0) is 12.8 Å². The molecule has 0 aromatic heterocycles. The fourth-order valence-electron chi connectivity index (χ4n) is 3.23. The van der Waals surface area contributed by atoms with Crippen LogP contribution in [-0.4, -0.2) is 0 Å². The van der Waals surface area contributed by atoms with Crippen molar-refractivity contribution in [3.05, 3.63) is 63.5 Å². The van der Waals surface area contributed by atoms with Crippen LogP contribution in [0.5, 0.6) is 0 Å². The molecule has 103 valence electrons. The van der Waals surface area contributed by atoms with Gasteiger partial charge in [-0.3, -0.25) is 0 Å². The molecule has 0 saturated carbocycles. The molecule has 2 aromatic carbocycles. The zero-order valence-electron chi connectivity index (χ0n) is 12.2. The first kappa shape index (κ1) is 13.9. The Morgan fingerprint density at radius 1 is 0.900 bits per heavy atom. The van der Waals surface area contributed by atoms with Crippen molar-refractivity contribution >= 4 is 15.9 Å². The molecule has 0 unspecified atom stereocenters. The van der Waals surface area contributed by atoms with Crippen molar-refractivity contribution in [2.45, 2.75) is 39.5 Å². The standard InChI is InChI=1S/C19H20Br/c1-3-7-15-16(8-4-2)19(20)12-18-14-10-6-5-9-13(14)11-17(15)18/h5-6,9-12H,3-4,7-8H2,1-2H3. The second-order valence-corrected chi connectivity index (χ2v) is 6.36. The first-order valence-electron chi connectivity index (χ1n) is 7.54. The molecule has 0 atom stereocenters. The van der Waals surface area contributed by atoms with E-state index in [0.29, 0.717) is 0 Å². The second-order valence-electron chi connectivity index (χ2n) is 5.51. The van der Waals surface area contributed by atoms with E-state index in [1.807, 2.05) is 0 Å². The first-order chi connectivity index (χ1) is 9.76. The maximum absolute atomic E-state index is 3.81. The summed E-state index contributed by atoms with van der Waals surface area (Å²) in [7, 11) is 0. The fraction of sp³-hybridized carbons (Fsp3) is 0.316. The summed E-state index contributed by atoms with van der Waals surface area (Å²) in [5.41, 5.74) is 8.66. The summed E-state index contributed by atoms with van der Waals surface area (Å²) >= 11 is 3.81. The fourth-order valence-corrected chi connectivity index (χ4v) is 3.89. The number of benzene rings is 2. The molecule has 0 amide bonds. The van der Waals surface area contributed by atoms with E-state index in [4.69, 9.17) is 0 Å². The van der Waals surface area contributed by atoms with E-state index in [0.717, 1.165) is 6.42 Å². The molecule has 0 nitrogen and oxygen atoms in total. The van der Waals surface area contributed by atoms with Gasteiger partial charge in [0.2, 0.25) is 0 Å². The van der Waals surface area contributed by atoms with Gasteiger partial charge in [-0.15, -0.1) is 0 Å². The molecule has 0 heterocycles. The first-order valence-corrected chi connectivity index (χ1v) is 8.34. The minimum atomic E-state index is 1.16. The van der Waals surface area contributed by atoms with Crippen molar-refractivity contribution in [3.8, 4) is 11.1 Å². The summed E-state index contributed by atoms with van der Waals surface area (Å²) in [4.78, 5) is 0. The summed E-state index contributed by atoms with van der Waals surface area (Å²) < 4.78 is 1.28. The quantitative estimate of drug-likeness (QED) is 0.556. The zero-order chi connectivity index (χ0) is 14.1. The molecule has 0 saturated heterocycles. The van der Waals surface area contributed by atoms with Crippen molar-refractivity contribution in [2.75, 3.05) is 0 Å². The van der Waals surface area contributed by atoms with Gasteiger partial charge in [0.1, 0.15) is 0 Å². The molecular weight excluding hydrogens is 308 g/mol. The van der Waals surface area contributed by atoms with Crippen LogP contribution in [0.1, 0.15) is 48.9 Å². The average molecular weight is 328 g/mol. The van der Waals surface area contributed by atoms with Gasteiger partial charge < -0.3 is 0 Å². The number of hydrogen-bond donors (Lipinski definition) is 0. The van der Waals surface area contributed by atoms with E-state index in [2.05, 4.69) is 66.5 Å². The van der Waals surface area contributed by atoms with Gasteiger partial charge in [0.15, 0.2) is 0 Å². The maximum Gasteiger partial charge on any atom is 0.0216 e. The number of halogens is 1. The molecule has 0 spiro atoms. The lowest BCUT2D eigenvalue weighted by Gasteiger charge is -2.16. The molecular formula is C19H20Br. The molecule has 1 aliphatic rings. The van der Waals surface area contributed by atoms with Crippen molar-refractivity contribution in [2.24, 2.45) is 0 Å². The maximum atomic E-state index is 3.81. The highest BCUT2D eigenvalue weighted by atomic mass is 79.9. The SMILES string of the molecule is CCCc1c(Br)cc2c(c1CCC)[CH]c1ccccc1-2. The smallest absolute Gasteiger partial charge is 0.0216 e. The molecule has 0 fully saturated rings. The molecule has 1 heteroatoms. The Labute approximate surface area is 130 Å². The van der Waals surface area contributed by atoms with Crippen LogP contribution in [0.2, 0.25) is 0 Å². The predicted molar refractivity (Wildman–Crippen MR) is 90.1 cm³/mol. The highest BCUT2D eigenvalue weighted by Gasteiger charge is 2.24. The third kappa shape index (κ3) is 2.22. The third-order valence-corrected chi connectivity index (χ3v) is 4.80. The van der Waals surface area contributed by atoms with Gasteiger partial charge in [0, 0.05) is 10.9 Å². The Bertz CT molecular complexity index is 640. The lowest BCUT2D eigenvalue weighted by atomic mass is 9.91. The van der Waals surface area contributed by atoms with E-state index < -0.39 is 0 Å². The van der Waals surface area contributed by atoms with E-state index in [-0.39, 0.29) is 0 Å². The van der Waals surface area contributed by atoms with Gasteiger partial charge in [-0.05, 0) is 52.3 Å². The summed E-state index contributed by atoms with van der Waals surface area (Å²) in [6.45, 7) is 4.53. The lowest BCUT2D eigenvalue weighted by molar-refractivity contribution is 0.853. The van der Waals surface area contributed by atoms with Crippen molar-refractivity contribution in [1.29, 1.82) is 0 Å². The number of rotatable bonds is 4. The van der Waals surface area contributed by atoms with Gasteiger partial charge in [-0.25, -0.2) is 0 Å².